The van der Waals surface area contributed by atoms with Crippen LogP contribution in [0.1, 0.15) is 40.4 Å². The summed E-state index contributed by atoms with van der Waals surface area (Å²) in [6, 6.07) is 12.9. The number of rotatable bonds is 3. The molecule has 5 heteroatoms. The molecule has 0 saturated carbocycles. The highest BCUT2D eigenvalue weighted by Crippen LogP contribution is 2.47. The average molecular weight is 377 g/mol. The molecular formula is C23H27N3O2. The molecule has 4 aliphatic heterocycles. The van der Waals surface area contributed by atoms with Crippen molar-refractivity contribution >= 4 is 5.91 Å². The van der Waals surface area contributed by atoms with Crippen molar-refractivity contribution in [3.63, 3.8) is 0 Å². The van der Waals surface area contributed by atoms with E-state index < -0.39 is 0 Å². The number of piperidine rings is 3. The second kappa shape index (κ2) is 6.89. The van der Waals surface area contributed by atoms with Gasteiger partial charge in [-0.1, -0.05) is 12.1 Å². The van der Waals surface area contributed by atoms with E-state index in [1.807, 2.05) is 25.1 Å². The van der Waals surface area contributed by atoms with E-state index in [9.17, 15) is 4.79 Å². The summed E-state index contributed by atoms with van der Waals surface area (Å²) in [5, 5.41) is 0. The maximum atomic E-state index is 13.5. The molecule has 0 N–H and O–H groups in total. The second-order valence-electron chi connectivity index (χ2n) is 8.33. The van der Waals surface area contributed by atoms with E-state index in [4.69, 9.17) is 4.74 Å². The summed E-state index contributed by atoms with van der Waals surface area (Å²) >= 11 is 0. The molecule has 146 valence electrons. The van der Waals surface area contributed by atoms with Gasteiger partial charge in [-0.3, -0.25) is 14.7 Å². The minimum Gasteiger partial charge on any atom is -0.497 e. The number of hydrogen-bond donors (Lipinski definition) is 0. The Morgan fingerprint density at radius 2 is 1.96 bits per heavy atom. The highest BCUT2D eigenvalue weighted by Gasteiger charge is 2.54. The van der Waals surface area contributed by atoms with Gasteiger partial charge in [0.05, 0.1) is 18.7 Å². The average Bonchev–Trinajstić information content (AvgIpc) is 3.17. The molecule has 2 aromatic rings. The van der Waals surface area contributed by atoms with Gasteiger partial charge in [0, 0.05) is 30.4 Å². The Balaban J connectivity index is 1.54. The van der Waals surface area contributed by atoms with E-state index in [-0.39, 0.29) is 5.91 Å². The number of carbonyl (C=O) groups excluding carboxylic acids is 1. The molecule has 28 heavy (non-hydrogen) atoms. The fourth-order valence-electron chi connectivity index (χ4n) is 5.68. The lowest BCUT2D eigenvalue weighted by Crippen LogP contribution is -2.60. The Labute approximate surface area is 166 Å². The Morgan fingerprint density at radius 1 is 1.14 bits per heavy atom. The Hall–Kier alpha value is -2.40. The third-order valence-corrected chi connectivity index (χ3v) is 7.01. The van der Waals surface area contributed by atoms with Crippen molar-refractivity contribution in [2.75, 3.05) is 26.7 Å². The fourth-order valence-corrected chi connectivity index (χ4v) is 5.68. The Bertz CT molecular complexity index is 891. The Kier molecular flexibility index (Phi) is 4.35. The van der Waals surface area contributed by atoms with Crippen LogP contribution in [0.25, 0.3) is 0 Å². The largest absolute Gasteiger partial charge is 0.497 e. The highest BCUT2D eigenvalue weighted by atomic mass is 16.5. The van der Waals surface area contributed by atoms with Crippen molar-refractivity contribution in [2.45, 2.75) is 37.8 Å². The minimum atomic E-state index is 0.139. The van der Waals surface area contributed by atoms with Gasteiger partial charge in [0.25, 0.3) is 5.91 Å². The number of fused-ring (bicyclic) bond motifs is 2. The van der Waals surface area contributed by atoms with Crippen LogP contribution in [0.5, 0.6) is 5.75 Å². The number of nitrogens with zero attached hydrogens (tertiary/aromatic N) is 3. The molecule has 5 nitrogen and oxygen atoms in total. The van der Waals surface area contributed by atoms with Crippen LogP contribution in [0.15, 0.2) is 42.6 Å². The number of pyridine rings is 1. The lowest BCUT2D eigenvalue weighted by molar-refractivity contribution is -0.00345. The molecule has 4 fully saturated rings. The van der Waals surface area contributed by atoms with E-state index in [0.717, 1.165) is 36.6 Å². The van der Waals surface area contributed by atoms with Crippen molar-refractivity contribution < 1.29 is 9.53 Å². The third kappa shape index (κ3) is 2.72. The van der Waals surface area contributed by atoms with E-state index in [2.05, 4.69) is 33.0 Å². The van der Waals surface area contributed by atoms with E-state index in [1.165, 1.54) is 18.4 Å². The molecule has 4 saturated heterocycles. The number of amides is 1. The zero-order valence-corrected chi connectivity index (χ0v) is 16.5. The van der Waals surface area contributed by atoms with Gasteiger partial charge in [-0.2, -0.15) is 0 Å². The molecular weight excluding hydrogens is 350 g/mol. The van der Waals surface area contributed by atoms with Gasteiger partial charge < -0.3 is 9.64 Å². The molecule has 1 aromatic heterocycles. The molecule has 3 atom stereocenters. The molecule has 0 spiro atoms. The van der Waals surface area contributed by atoms with Crippen LogP contribution >= 0.6 is 0 Å². The van der Waals surface area contributed by atoms with Crippen LogP contribution in [-0.4, -0.2) is 59.5 Å². The number of likely N-dealkylation sites (tertiary alicyclic amines) is 1. The summed E-state index contributed by atoms with van der Waals surface area (Å²) < 4.78 is 5.47. The van der Waals surface area contributed by atoms with Gasteiger partial charge in [0.1, 0.15) is 5.75 Å². The third-order valence-electron chi connectivity index (χ3n) is 7.01. The van der Waals surface area contributed by atoms with Crippen molar-refractivity contribution in [3.05, 3.63) is 59.4 Å². The molecule has 0 aliphatic carbocycles. The van der Waals surface area contributed by atoms with Crippen molar-refractivity contribution in [2.24, 2.45) is 5.92 Å². The molecule has 2 bridgehead atoms. The zero-order valence-electron chi connectivity index (χ0n) is 16.5. The molecule has 0 unspecified atom stereocenters. The Morgan fingerprint density at radius 3 is 2.71 bits per heavy atom. The molecule has 1 aromatic carbocycles. The smallest absolute Gasteiger partial charge is 0.256 e. The number of methoxy groups -OCH3 is 1. The number of benzene rings is 1. The second-order valence-corrected chi connectivity index (χ2v) is 8.33. The van der Waals surface area contributed by atoms with Crippen LogP contribution < -0.4 is 4.74 Å². The van der Waals surface area contributed by atoms with Crippen LogP contribution in [0.4, 0.5) is 0 Å². The molecule has 0 radical (unpaired) electrons. The first-order valence-corrected chi connectivity index (χ1v) is 10.3. The van der Waals surface area contributed by atoms with Gasteiger partial charge in [0.2, 0.25) is 0 Å². The normalized spacial score (nSPS) is 30.9. The maximum Gasteiger partial charge on any atom is 0.256 e. The summed E-state index contributed by atoms with van der Waals surface area (Å²) in [5.74, 6) is 1.95. The predicted molar refractivity (Wildman–Crippen MR) is 108 cm³/mol. The summed E-state index contributed by atoms with van der Waals surface area (Å²) in [6.45, 7) is 5.00. The standard InChI is InChI=1S/C23H27N3O2/c1-15-19(7-4-10-24-15)23(27)26-14-20(17-5-3-6-18(13-17)28-2)22-21(26)16-8-11-25(22)12-9-16/h3-7,10,13,16,20-22H,8-9,11-12,14H2,1-2H3/t20-,21+,22+/m1/s1. The number of hydrogen-bond acceptors (Lipinski definition) is 4. The van der Waals surface area contributed by atoms with E-state index in [0.29, 0.717) is 23.9 Å². The number of ether oxygens (including phenoxy) is 1. The molecule has 4 aliphatic rings. The van der Waals surface area contributed by atoms with Crippen LogP contribution in [0.2, 0.25) is 0 Å². The quantitative estimate of drug-likeness (QED) is 0.825. The summed E-state index contributed by atoms with van der Waals surface area (Å²) in [6.07, 6.45) is 4.15. The van der Waals surface area contributed by atoms with Gasteiger partial charge >= 0.3 is 0 Å². The number of carbonyl (C=O) groups is 1. The molecule has 6 rings (SSSR count). The number of aromatic nitrogens is 1. The predicted octanol–water partition coefficient (Wildman–Crippen LogP) is 3.10. The van der Waals surface area contributed by atoms with Crippen molar-refractivity contribution in [1.29, 1.82) is 0 Å². The first kappa shape index (κ1) is 17.7. The van der Waals surface area contributed by atoms with Gasteiger partial charge in [-0.15, -0.1) is 0 Å². The van der Waals surface area contributed by atoms with E-state index >= 15 is 0 Å². The van der Waals surface area contributed by atoms with Gasteiger partial charge in [-0.25, -0.2) is 0 Å². The lowest BCUT2D eigenvalue weighted by atomic mass is 9.75. The zero-order chi connectivity index (χ0) is 19.3. The minimum absolute atomic E-state index is 0.139. The molecule has 5 heterocycles. The maximum absolute atomic E-state index is 13.5. The first-order valence-electron chi connectivity index (χ1n) is 10.3. The van der Waals surface area contributed by atoms with Crippen molar-refractivity contribution in [3.8, 4) is 5.75 Å². The van der Waals surface area contributed by atoms with Gasteiger partial charge in [-0.05, 0) is 68.6 Å². The first-order chi connectivity index (χ1) is 13.7. The summed E-state index contributed by atoms with van der Waals surface area (Å²) in [7, 11) is 1.71. The summed E-state index contributed by atoms with van der Waals surface area (Å²) in [5.41, 5.74) is 2.83. The van der Waals surface area contributed by atoms with Crippen LogP contribution in [0, 0.1) is 12.8 Å². The SMILES string of the molecule is COc1cccc([C@H]2CN(C(=O)c3cccnc3C)[C@H]3C4CCN(CC4)[C@@H]23)c1. The van der Waals surface area contributed by atoms with E-state index in [1.54, 1.807) is 13.3 Å². The lowest BCUT2D eigenvalue weighted by Gasteiger charge is -2.51. The molecule has 1 amide bonds. The van der Waals surface area contributed by atoms with Crippen LogP contribution in [0.3, 0.4) is 0 Å². The highest BCUT2D eigenvalue weighted by molar-refractivity contribution is 5.95. The summed E-state index contributed by atoms with van der Waals surface area (Å²) in [4.78, 5) is 22.7. The number of aryl methyl sites for hydroxylation is 1. The van der Waals surface area contributed by atoms with Gasteiger partial charge in [0.15, 0.2) is 0 Å². The monoisotopic (exact) mass is 377 g/mol. The van der Waals surface area contributed by atoms with Crippen LogP contribution in [-0.2, 0) is 0 Å². The topological polar surface area (TPSA) is 45.7 Å². The fraction of sp³-hybridized carbons (Fsp3) is 0.478. The van der Waals surface area contributed by atoms with Crippen molar-refractivity contribution in [1.82, 2.24) is 14.8 Å².